The van der Waals surface area contributed by atoms with E-state index >= 15 is 0 Å². The number of aryl methyl sites for hydroxylation is 1. The predicted octanol–water partition coefficient (Wildman–Crippen LogP) is 4.48. The lowest BCUT2D eigenvalue weighted by molar-refractivity contribution is 0.0469. The minimum Gasteiger partial charge on any atom is -0.453 e. The fraction of sp³-hybridized carbons (Fsp3) is 0.318. The summed E-state index contributed by atoms with van der Waals surface area (Å²) in [5, 5.41) is 2.38. The molecule has 0 radical (unpaired) electrons. The van der Waals surface area contributed by atoms with Crippen LogP contribution >= 0.6 is 11.3 Å². The summed E-state index contributed by atoms with van der Waals surface area (Å²) in [5.41, 5.74) is 3.51. The predicted molar refractivity (Wildman–Crippen MR) is 113 cm³/mol. The average Bonchev–Trinajstić information content (AvgIpc) is 3.32. The van der Waals surface area contributed by atoms with E-state index in [0.29, 0.717) is 12.2 Å². The second kappa shape index (κ2) is 9.15. The van der Waals surface area contributed by atoms with Gasteiger partial charge >= 0.3 is 5.97 Å². The Morgan fingerprint density at radius 3 is 2.62 bits per heavy atom. The van der Waals surface area contributed by atoms with Crippen molar-refractivity contribution in [2.24, 2.45) is 0 Å². The van der Waals surface area contributed by atoms with Crippen LogP contribution in [0.3, 0.4) is 0 Å². The van der Waals surface area contributed by atoms with E-state index in [-0.39, 0.29) is 24.1 Å². The molecule has 0 unspecified atom stereocenters. The van der Waals surface area contributed by atoms with E-state index in [1.807, 2.05) is 57.2 Å². The van der Waals surface area contributed by atoms with Gasteiger partial charge < -0.3 is 14.0 Å². The van der Waals surface area contributed by atoms with Gasteiger partial charge in [-0.2, -0.15) is 0 Å². The van der Waals surface area contributed by atoms with Crippen molar-refractivity contribution in [3.8, 4) is 10.6 Å². The number of nitrogens with zero attached hydrogens (tertiary/aromatic N) is 2. The molecule has 3 rings (SSSR count). The van der Waals surface area contributed by atoms with Gasteiger partial charge in [-0.3, -0.25) is 4.79 Å². The molecule has 3 aromatic rings. The number of ether oxygens (including phenoxy) is 2. The highest BCUT2D eigenvalue weighted by molar-refractivity contribution is 7.13. The third-order valence-corrected chi connectivity index (χ3v) is 5.59. The Kier molecular flexibility index (Phi) is 6.61. The van der Waals surface area contributed by atoms with Crippen LogP contribution in [-0.2, 0) is 9.47 Å². The lowest BCUT2D eigenvalue weighted by Crippen LogP contribution is -2.17. The smallest absolute Gasteiger partial charge is 0.358 e. The van der Waals surface area contributed by atoms with Crippen molar-refractivity contribution in [2.75, 3.05) is 20.3 Å². The molecule has 0 saturated heterocycles. The Morgan fingerprint density at radius 1 is 1.21 bits per heavy atom. The number of esters is 1. The molecule has 0 N–H and O–H groups in total. The lowest BCUT2D eigenvalue weighted by Gasteiger charge is -2.17. The Labute approximate surface area is 174 Å². The van der Waals surface area contributed by atoms with Crippen molar-refractivity contribution in [1.82, 2.24) is 9.55 Å². The van der Waals surface area contributed by atoms with Gasteiger partial charge in [0.25, 0.3) is 0 Å². The third-order valence-electron chi connectivity index (χ3n) is 4.70. The Balaban J connectivity index is 1.66. The van der Waals surface area contributed by atoms with Crippen LogP contribution in [0.25, 0.3) is 10.6 Å². The molecule has 1 aromatic carbocycles. The van der Waals surface area contributed by atoms with E-state index in [4.69, 9.17) is 9.47 Å². The van der Waals surface area contributed by atoms with E-state index in [1.165, 1.54) is 11.3 Å². The molecule has 0 aliphatic carbocycles. The van der Waals surface area contributed by atoms with Gasteiger partial charge in [0, 0.05) is 35.0 Å². The number of rotatable bonds is 8. The molecular weight excluding hydrogens is 388 g/mol. The highest BCUT2D eigenvalue weighted by Gasteiger charge is 2.21. The maximum atomic E-state index is 12.6. The number of benzene rings is 1. The Morgan fingerprint density at radius 2 is 1.93 bits per heavy atom. The fourth-order valence-corrected chi connectivity index (χ4v) is 4.21. The first-order valence-corrected chi connectivity index (χ1v) is 10.2. The maximum absolute atomic E-state index is 12.6. The van der Waals surface area contributed by atoms with Crippen molar-refractivity contribution in [2.45, 2.75) is 26.8 Å². The van der Waals surface area contributed by atoms with Crippen LogP contribution in [0.1, 0.15) is 45.2 Å². The molecule has 2 heterocycles. The summed E-state index contributed by atoms with van der Waals surface area (Å²) in [5.74, 6) is -0.834. The molecule has 0 fully saturated rings. The number of Topliss-reactive ketones (excluding diaryl/α,β-unsaturated/α-hetero) is 1. The first kappa shape index (κ1) is 21.0. The first-order chi connectivity index (χ1) is 13.9. The van der Waals surface area contributed by atoms with Crippen LogP contribution in [0.2, 0.25) is 0 Å². The summed E-state index contributed by atoms with van der Waals surface area (Å²) in [4.78, 5) is 29.3. The molecule has 0 aliphatic heterocycles. The van der Waals surface area contributed by atoms with E-state index in [1.54, 1.807) is 12.5 Å². The van der Waals surface area contributed by atoms with Crippen LogP contribution in [-0.4, -0.2) is 41.6 Å². The average molecular weight is 413 g/mol. The summed E-state index contributed by atoms with van der Waals surface area (Å²) in [6, 6.07) is 11.5. The largest absolute Gasteiger partial charge is 0.453 e. The fourth-order valence-electron chi connectivity index (χ4n) is 3.42. The Hall–Kier alpha value is -2.77. The van der Waals surface area contributed by atoms with Crippen molar-refractivity contribution in [3.05, 3.63) is 64.4 Å². The zero-order chi connectivity index (χ0) is 21.0. The SMILES string of the molecule is COC[C@H](C)n1c(C)cc(C(=O)COC(=O)c2csc(-c3ccccc3)n2)c1C. The molecule has 0 bridgehead atoms. The van der Waals surface area contributed by atoms with Gasteiger partial charge in [0.1, 0.15) is 5.01 Å². The zero-order valence-electron chi connectivity index (χ0n) is 17.0. The summed E-state index contributed by atoms with van der Waals surface area (Å²) in [6.07, 6.45) is 0. The van der Waals surface area contributed by atoms with Crippen LogP contribution in [0, 0.1) is 13.8 Å². The Bertz CT molecular complexity index is 1010. The molecule has 29 heavy (non-hydrogen) atoms. The van der Waals surface area contributed by atoms with E-state index < -0.39 is 5.97 Å². The quantitative estimate of drug-likeness (QED) is 0.403. The molecule has 0 aliphatic rings. The minimum atomic E-state index is -0.599. The van der Waals surface area contributed by atoms with Crippen molar-refractivity contribution in [3.63, 3.8) is 0 Å². The number of carbonyl (C=O) groups excluding carboxylic acids is 2. The number of hydrogen-bond acceptors (Lipinski definition) is 6. The summed E-state index contributed by atoms with van der Waals surface area (Å²) < 4.78 is 12.5. The number of carbonyl (C=O) groups is 2. The van der Waals surface area contributed by atoms with Gasteiger partial charge in [-0.05, 0) is 26.8 Å². The molecule has 2 aromatic heterocycles. The highest BCUT2D eigenvalue weighted by Crippen LogP contribution is 2.24. The third kappa shape index (κ3) is 4.63. The first-order valence-electron chi connectivity index (χ1n) is 9.31. The number of hydrogen-bond donors (Lipinski definition) is 0. The molecule has 0 amide bonds. The van der Waals surface area contributed by atoms with Crippen LogP contribution in [0.5, 0.6) is 0 Å². The monoisotopic (exact) mass is 412 g/mol. The number of thiazole rings is 1. The second-order valence-electron chi connectivity index (χ2n) is 6.86. The van der Waals surface area contributed by atoms with Crippen molar-refractivity contribution >= 4 is 23.1 Å². The summed E-state index contributed by atoms with van der Waals surface area (Å²) in [7, 11) is 1.65. The number of methoxy groups -OCH3 is 1. The standard InChI is InChI=1S/C22H24N2O4S/c1-14-10-18(16(3)24(14)15(2)11-27-4)20(25)12-28-22(26)19-13-29-21(23-19)17-8-6-5-7-9-17/h5-10,13,15H,11-12H2,1-4H3/t15-/m0/s1. The molecular formula is C22H24N2O4S. The van der Waals surface area contributed by atoms with Gasteiger partial charge in [0.15, 0.2) is 12.3 Å². The summed E-state index contributed by atoms with van der Waals surface area (Å²) >= 11 is 1.37. The van der Waals surface area contributed by atoms with E-state index in [9.17, 15) is 9.59 Å². The molecule has 6 nitrogen and oxygen atoms in total. The van der Waals surface area contributed by atoms with Crippen LogP contribution in [0.15, 0.2) is 41.8 Å². The van der Waals surface area contributed by atoms with Crippen LogP contribution in [0.4, 0.5) is 0 Å². The van der Waals surface area contributed by atoms with Crippen molar-refractivity contribution in [1.29, 1.82) is 0 Å². The lowest BCUT2D eigenvalue weighted by atomic mass is 10.1. The normalized spacial score (nSPS) is 12.0. The molecule has 152 valence electrons. The summed E-state index contributed by atoms with van der Waals surface area (Å²) in [6.45, 7) is 6.10. The van der Waals surface area contributed by atoms with E-state index in [2.05, 4.69) is 9.55 Å². The zero-order valence-corrected chi connectivity index (χ0v) is 17.8. The van der Waals surface area contributed by atoms with Gasteiger partial charge in [0.05, 0.1) is 12.6 Å². The number of ketones is 1. The molecule has 1 atom stereocenters. The molecule has 0 saturated carbocycles. The van der Waals surface area contributed by atoms with Gasteiger partial charge in [-0.15, -0.1) is 11.3 Å². The van der Waals surface area contributed by atoms with E-state index in [0.717, 1.165) is 22.0 Å². The van der Waals surface area contributed by atoms with Gasteiger partial charge in [0.2, 0.25) is 5.78 Å². The molecule has 7 heteroatoms. The minimum absolute atomic E-state index is 0.107. The molecule has 0 spiro atoms. The van der Waals surface area contributed by atoms with Crippen molar-refractivity contribution < 1.29 is 19.1 Å². The maximum Gasteiger partial charge on any atom is 0.358 e. The van der Waals surface area contributed by atoms with Crippen LogP contribution < -0.4 is 0 Å². The number of aromatic nitrogens is 2. The highest BCUT2D eigenvalue weighted by atomic mass is 32.1. The second-order valence-corrected chi connectivity index (χ2v) is 7.72. The van der Waals surface area contributed by atoms with Gasteiger partial charge in [-0.25, -0.2) is 9.78 Å². The topological polar surface area (TPSA) is 70.4 Å². The van der Waals surface area contributed by atoms with Gasteiger partial charge in [-0.1, -0.05) is 30.3 Å².